The van der Waals surface area contributed by atoms with E-state index < -0.39 is 0 Å². The first kappa shape index (κ1) is 14.3. The van der Waals surface area contributed by atoms with Gasteiger partial charge in [-0.2, -0.15) is 0 Å². The molecule has 5 heteroatoms. The van der Waals surface area contributed by atoms with E-state index in [2.05, 4.69) is 4.98 Å². The minimum absolute atomic E-state index is 0.0992. The minimum atomic E-state index is -0.193. The number of Topliss-reactive ketones (excluding diaryl/α,β-unsaturated/α-hetero) is 1. The van der Waals surface area contributed by atoms with Crippen molar-refractivity contribution in [3.63, 3.8) is 0 Å². The van der Waals surface area contributed by atoms with Gasteiger partial charge in [0.15, 0.2) is 5.76 Å². The molecular weight excluding hydrogens is 280 g/mol. The average Bonchev–Trinajstić information content (AvgIpc) is 2.80. The highest BCUT2D eigenvalue weighted by atomic mass is 16.5. The highest BCUT2D eigenvalue weighted by molar-refractivity contribution is 6.14. The molecule has 1 N–H and O–H groups in total. The Morgan fingerprint density at radius 3 is 2.64 bits per heavy atom. The van der Waals surface area contributed by atoms with Crippen molar-refractivity contribution in [3.05, 3.63) is 59.1 Å². The molecule has 0 fully saturated rings. The van der Waals surface area contributed by atoms with E-state index in [4.69, 9.17) is 4.74 Å². The number of pyridine rings is 1. The first-order valence-corrected chi connectivity index (χ1v) is 7.02. The van der Waals surface area contributed by atoms with Crippen LogP contribution in [0, 0.1) is 0 Å². The fourth-order valence-corrected chi connectivity index (χ4v) is 2.42. The van der Waals surface area contributed by atoms with Crippen molar-refractivity contribution in [2.75, 3.05) is 14.1 Å². The summed E-state index contributed by atoms with van der Waals surface area (Å²) < 4.78 is 5.71. The number of carbonyl (C=O) groups is 1. The van der Waals surface area contributed by atoms with Gasteiger partial charge < -0.3 is 14.7 Å². The van der Waals surface area contributed by atoms with Crippen molar-refractivity contribution >= 4 is 11.9 Å². The lowest BCUT2D eigenvalue weighted by molar-refractivity contribution is -0.872. The SMILES string of the molecule is C[NH+](C)Cc1c([O-])ccc2c1O/C(=C\c1ccncc1)C2=O. The van der Waals surface area contributed by atoms with Crippen LogP contribution in [0.1, 0.15) is 21.5 Å². The molecule has 3 rings (SSSR count). The number of ketones is 1. The van der Waals surface area contributed by atoms with Crippen LogP contribution in [0.25, 0.3) is 6.08 Å². The van der Waals surface area contributed by atoms with Gasteiger partial charge >= 0.3 is 0 Å². The molecule has 0 saturated heterocycles. The normalized spacial score (nSPS) is 15.2. The Balaban J connectivity index is 2.02. The van der Waals surface area contributed by atoms with E-state index in [0.29, 0.717) is 23.4 Å². The molecule has 2 aromatic rings. The summed E-state index contributed by atoms with van der Waals surface area (Å²) in [5, 5.41) is 12.1. The van der Waals surface area contributed by atoms with Gasteiger partial charge in [0.1, 0.15) is 12.3 Å². The van der Waals surface area contributed by atoms with Gasteiger partial charge in [0, 0.05) is 18.0 Å². The van der Waals surface area contributed by atoms with Crippen molar-refractivity contribution in [1.82, 2.24) is 4.98 Å². The van der Waals surface area contributed by atoms with Crippen LogP contribution < -0.4 is 14.7 Å². The standard InChI is InChI=1S/C17H16N2O3/c1-19(2)10-13-14(20)4-3-12-16(21)15(22-17(12)13)9-11-5-7-18-8-6-11/h3-9,20H,10H2,1-2H3/b15-9-. The minimum Gasteiger partial charge on any atom is -0.872 e. The van der Waals surface area contributed by atoms with Gasteiger partial charge in [-0.15, -0.1) is 0 Å². The number of rotatable bonds is 3. The number of hydrogen-bond acceptors (Lipinski definition) is 4. The number of nitrogens with one attached hydrogen (secondary N) is 1. The summed E-state index contributed by atoms with van der Waals surface area (Å²) in [6, 6.07) is 6.56. The summed E-state index contributed by atoms with van der Waals surface area (Å²) in [4.78, 5) is 17.5. The molecule has 0 saturated carbocycles. The highest BCUT2D eigenvalue weighted by Crippen LogP contribution is 2.38. The molecule has 2 heterocycles. The zero-order valence-electron chi connectivity index (χ0n) is 12.4. The lowest BCUT2D eigenvalue weighted by atomic mass is 10.0. The zero-order chi connectivity index (χ0) is 15.7. The third-order valence-electron chi connectivity index (χ3n) is 3.43. The molecule has 1 aromatic carbocycles. The molecule has 1 aliphatic rings. The van der Waals surface area contributed by atoms with Crippen LogP contribution in [0.4, 0.5) is 0 Å². The Kier molecular flexibility index (Phi) is 3.65. The fraction of sp³-hybridized carbons (Fsp3) is 0.176. The number of hydrogen-bond donors (Lipinski definition) is 1. The Hall–Kier alpha value is -2.66. The Labute approximate surface area is 128 Å². The second-order valence-electron chi connectivity index (χ2n) is 5.52. The van der Waals surface area contributed by atoms with Gasteiger partial charge in [-0.25, -0.2) is 0 Å². The summed E-state index contributed by atoms with van der Waals surface area (Å²) in [5.74, 6) is 0.348. The van der Waals surface area contributed by atoms with Gasteiger partial charge in [-0.1, -0.05) is 11.8 Å². The third kappa shape index (κ3) is 2.58. The molecule has 1 aromatic heterocycles. The third-order valence-corrected chi connectivity index (χ3v) is 3.43. The van der Waals surface area contributed by atoms with E-state index in [1.54, 1.807) is 36.7 Å². The summed E-state index contributed by atoms with van der Waals surface area (Å²) in [6.45, 7) is 0.512. The molecule has 0 atom stereocenters. The summed E-state index contributed by atoms with van der Waals surface area (Å²) >= 11 is 0. The average molecular weight is 296 g/mol. The van der Waals surface area contributed by atoms with Crippen LogP contribution in [0.2, 0.25) is 0 Å². The Morgan fingerprint density at radius 2 is 1.95 bits per heavy atom. The van der Waals surface area contributed by atoms with Crippen LogP contribution in [0.5, 0.6) is 11.5 Å². The number of ether oxygens (including phenoxy) is 1. The molecule has 0 amide bonds. The molecule has 5 nitrogen and oxygen atoms in total. The summed E-state index contributed by atoms with van der Waals surface area (Å²) in [7, 11) is 3.90. The van der Waals surface area contributed by atoms with E-state index in [1.807, 2.05) is 14.1 Å². The number of allylic oxidation sites excluding steroid dienone is 1. The molecule has 112 valence electrons. The molecular formula is C17H16N2O3. The second-order valence-corrected chi connectivity index (χ2v) is 5.52. The van der Waals surface area contributed by atoms with Gasteiger partial charge in [-0.3, -0.25) is 9.78 Å². The van der Waals surface area contributed by atoms with E-state index in [1.165, 1.54) is 6.07 Å². The van der Waals surface area contributed by atoms with E-state index in [0.717, 1.165) is 10.5 Å². The predicted molar refractivity (Wildman–Crippen MR) is 79.6 cm³/mol. The zero-order valence-corrected chi connectivity index (χ0v) is 12.4. The maximum atomic E-state index is 12.4. The number of aromatic nitrogens is 1. The second kappa shape index (κ2) is 5.61. The smallest absolute Gasteiger partial charge is 0.231 e. The van der Waals surface area contributed by atoms with Gasteiger partial charge in [0.2, 0.25) is 5.78 Å². The van der Waals surface area contributed by atoms with Gasteiger partial charge in [-0.05, 0) is 29.8 Å². The van der Waals surface area contributed by atoms with Crippen LogP contribution in [0.3, 0.4) is 0 Å². The van der Waals surface area contributed by atoms with Crippen molar-refractivity contribution in [2.24, 2.45) is 0 Å². The first-order valence-electron chi connectivity index (χ1n) is 7.02. The van der Waals surface area contributed by atoms with Crippen molar-refractivity contribution in [2.45, 2.75) is 6.54 Å². The van der Waals surface area contributed by atoms with E-state index >= 15 is 0 Å². The molecule has 1 aliphatic heterocycles. The highest BCUT2D eigenvalue weighted by Gasteiger charge is 2.30. The lowest BCUT2D eigenvalue weighted by Crippen LogP contribution is -3.04. The van der Waals surface area contributed by atoms with E-state index in [-0.39, 0.29) is 17.3 Å². The van der Waals surface area contributed by atoms with Crippen LogP contribution >= 0.6 is 0 Å². The molecule has 22 heavy (non-hydrogen) atoms. The molecule has 0 aliphatic carbocycles. The van der Waals surface area contributed by atoms with Crippen molar-refractivity contribution < 1.29 is 19.5 Å². The quantitative estimate of drug-likeness (QED) is 0.834. The number of benzene rings is 1. The maximum Gasteiger partial charge on any atom is 0.231 e. The van der Waals surface area contributed by atoms with Crippen LogP contribution in [-0.2, 0) is 6.54 Å². The maximum absolute atomic E-state index is 12.4. The lowest BCUT2D eigenvalue weighted by Gasteiger charge is -2.17. The Morgan fingerprint density at radius 1 is 1.23 bits per heavy atom. The summed E-state index contributed by atoms with van der Waals surface area (Å²) in [5.41, 5.74) is 1.83. The predicted octanol–water partition coefficient (Wildman–Crippen LogP) is 0.416. The van der Waals surface area contributed by atoms with Crippen molar-refractivity contribution in [1.29, 1.82) is 0 Å². The van der Waals surface area contributed by atoms with E-state index in [9.17, 15) is 9.90 Å². The van der Waals surface area contributed by atoms with Crippen molar-refractivity contribution in [3.8, 4) is 11.5 Å². The fourth-order valence-electron chi connectivity index (χ4n) is 2.42. The first-order chi connectivity index (χ1) is 10.6. The number of carbonyl (C=O) groups excluding carboxylic acids is 1. The molecule has 0 bridgehead atoms. The number of nitrogens with zero attached hydrogens (tertiary/aromatic N) is 1. The van der Waals surface area contributed by atoms with Crippen LogP contribution in [0.15, 0.2) is 42.4 Å². The number of quaternary nitrogens is 1. The molecule has 0 radical (unpaired) electrons. The molecule has 0 spiro atoms. The summed E-state index contributed by atoms with van der Waals surface area (Å²) in [6.07, 6.45) is 4.96. The van der Waals surface area contributed by atoms with Gasteiger partial charge in [0.05, 0.1) is 19.7 Å². The monoisotopic (exact) mass is 296 g/mol. The van der Waals surface area contributed by atoms with Gasteiger partial charge in [0.25, 0.3) is 0 Å². The number of fused-ring (bicyclic) bond motifs is 1. The largest absolute Gasteiger partial charge is 0.872 e. The Bertz CT molecular complexity index is 752. The van der Waals surface area contributed by atoms with Crippen LogP contribution in [-0.4, -0.2) is 24.9 Å². The topological polar surface area (TPSA) is 66.7 Å². The molecule has 0 unspecified atom stereocenters.